The second-order valence-corrected chi connectivity index (χ2v) is 5.69. The Hall–Kier alpha value is -2.88. The number of rotatable bonds is 6. The summed E-state index contributed by atoms with van der Waals surface area (Å²) < 4.78 is 0. The Kier molecular flexibility index (Phi) is 5.06. The molecule has 4 heteroatoms. The van der Waals surface area contributed by atoms with Crippen LogP contribution in [0.4, 0.5) is 17.5 Å². The van der Waals surface area contributed by atoms with Gasteiger partial charge in [0.15, 0.2) is 0 Å². The number of anilines is 3. The van der Waals surface area contributed by atoms with E-state index in [0.717, 1.165) is 23.6 Å². The van der Waals surface area contributed by atoms with Crippen LogP contribution >= 0.6 is 0 Å². The van der Waals surface area contributed by atoms with Crippen LogP contribution in [-0.2, 0) is 13.0 Å². The first kappa shape index (κ1) is 16.0. The Morgan fingerprint density at radius 1 is 0.917 bits per heavy atom. The van der Waals surface area contributed by atoms with Crippen molar-refractivity contribution >= 4 is 17.5 Å². The summed E-state index contributed by atoms with van der Waals surface area (Å²) in [5.41, 5.74) is 4.49. The van der Waals surface area contributed by atoms with Crippen LogP contribution in [-0.4, -0.2) is 9.97 Å². The number of benzene rings is 2. The third-order valence-electron chi connectivity index (χ3n) is 3.81. The van der Waals surface area contributed by atoms with Gasteiger partial charge in [-0.15, -0.1) is 0 Å². The highest BCUT2D eigenvalue weighted by atomic mass is 15.1. The topological polar surface area (TPSA) is 49.8 Å². The molecular weight excluding hydrogens is 296 g/mol. The van der Waals surface area contributed by atoms with Gasteiger partial charge < -0.3 is 10.6 Å². The molecule has 0 radical (unpaired) electrons. The summed E-state index contributed by atoms with van der Waals surface area (Å²) in [7, 11) is 0. The summed E-state index contributed by atoms with van der Waals surface area (Å²) in [5.74, 6) is 1.44. The molecule has 0 aliphatic rings. The fraction of sp³-hybridized carbons (Fsp3) is 0.200. The van der Waals surface area contributed by atoms with E-state index in [4.69, 9.17) is 0 Å². The van der Waals surface area contributed by atoms with Crippen molar-refractivity contribution in [2.24, 2.45) is 0 Å². The highest BCUT2D eigenvalue weighted by Gasteiger charge is 2.05. The predicted molar refractivity (Wildman–Crippen MR) is 99.6 cm³/mol. The van der Waals surface area contributed by atoms with Crippen molar-refractivity contribution in [3.63, 3.8) is 0 Å². The number of aromatic nitrogens is 2. The Morgan fingerprint density at radius 3 is 2.46 bits per heavy atom. The van der Waals surface area contributed by atoms with Crippen molar-refractivity contribution in [3.05, 3.63) is 77.5 Å². The van der Waals surface area contributed by atoms with Crippen LogP contribution in [0, 0.1) is 6.92 Å². The first-order chi connectivity index (χ1) is 11.7. The lowest BCUT2D eigenvalue weighted by atomic mass is 10.1. The second kappa shape index (κ2) is 7.59. The smallest absolute Gasteiger partial charge is 0.225 e. The Labute approximate surface area is 143 Å². The monoisotopic (exact) mass is 318 g/mol. The highest BCUT2D eigenvalue weighted by molar-refractivity contribution is 5.61. The van der Waals surface area contributed by atoms with Crippen LogP contribution in [0.25, 0.3) is 0 Å². The molecule has 24 heavy (non-hydrogen) atoms. The van der Waals surface area contributed by atoms with E-state index in [1.807, 2.05) is 37.3 Å². The maximum atomic E-state index is 4.59. The zero-order chi connectivity index (χ0) is 16.8. The number of nitrogens with one attached hydrogen (secondary N) is 2. The van der Waals surface area contributed by atoms with Gasteiger partial charge in [0.2, 0.25) is 5.95 Å². The average Bonchev–Trinajstić information content (AvgIpc) is 2.61. The molecule has 0 aliphatic heterocycles. The molecule has 0 saturated carbocycles. The average molecular weight is 318 g/mol. The van der Waals surface area contributed by atoms with Gasteiger partial charge in [-0.2, -0.15) is 4.98 Å². The molecule has 4 nitrogen and oxygen atoms in total. The Bertz CT molecular complexity index is 800. The molecule has 0 bridgehead atoms. The first-order valence-electron chi connectivity index (χ1n) is 8.23. The number of para-hydroxylation sites is 1. The fourth-order valence-electron chi connectivity index (χ4n) is 2.58. The Morgan fingerprint density at radius 2 is 1.67 bits per heavy atom. The van der Waals surface area contributed by atoms with Gasteiger partial charge >= 0.3 is 0 Å². The van der Waals surface area contributed by atoms with Gasteiger partial charge in [-0.05, 0) is 30.5 Å². The van der Waals surface area contributed by atoms with E-state index in [0.29, 0.717) is 12.5 Å². The van der Waals surface area contributed by atoms with Crippen molar-refractivity contribution in [2.45, 2.75) is 26.8 Å². The lowest BCUT2D eigenvalue weighted by Gasteiger charge is -2.12. The zero-order valence-electron chi connectivity index (χ0n) is 14.1. The molecule has 0 saturated heterocycles. The summed E-state index contributed by atoms with van der Waals surface area (Å²) in [6.07, 6.45) is 0.979. The summed E-state index contributed by atoms with van der Waals surface area (Å²) in [4.78, 5) is 9.06. The summed E-state index contributed by atoms with van der Waals surface area (Å²) >= 11 is 0. The van der Waals surface area contributed by atoms with Gasteiger partial charge in [-0.25, -0.2) is 4.98 Å². The van der Waals surface area contributed by atoms with E-state index in [-0.39, 0.29) is 0 Å². The number of nitrogens with zero attached hydrogens (tertiary/aromatic N) is 2. The highest BCUT2D eigenvalue weighted by Crippen LogP contribution is 2.21. The van der Waals surface area contributed by atoms with E-state index >= 15 is 0 Å². The van der Waals surface area contributed by atoms with Crippen molar-refractivity contribution in [1.82, 2.24) is 9.97 Å². The first-order valence-corrected chi connectivity index (χ1v) is 8.23. The molecular formula is C20H22N4. The van der Waals surface area contributed by atoms with Crippen LogP contribution in [0.5, 0.6) is 0 Å². The molecule has 0 amide bonds. The third-order valence-corrected chi connectivity index (χ3v) is 3.81. The Balaban J connectivity index is 1.76. The molecule has 0 fully saturated rings. The summed E-state index contributed by atoms with van der Waals surface area (Å²) in [6, 6.07) is 20.5. The second-order valence-electron chi connectivity index (χ2n) is 5.69. The molecule has 2 N–H and O–H groups in total. The van der Waals surface area contributed by atoms with Gasteiger partial charge in [-0.1, -0.05) is 55.5 Å². The maximum absolute atomic E-state index is 4.59. The van der Waals surface area contributed by atoms with E-state index in [9.17, 15) is 0 Å². The lowest BCUT2D eigenvalue weighted by Crippen LogP contribution is -2.06. The van der Waals surface area contributed by atoms with Crippen LogP contribution in [0.2, 0.25) is 0 Å². The van der Waals surface area contributed by atoms with Gasteiger partial charge in [0.1, 0.15) is 5.82 Å². The minimum Gasteiger partial charge on any atom is -0.350 e. The summed E-state index contributed by atoms with van der Waals surface area (Å²) in [5, 5.41) is 6.71. The number of hydrogen-bond donors (Lipinski definition) is 2. The predicted octanol–water partition coefficient (Wildman–Crippen LogP) is 4.70. The van der Waals surface area contributed by atoms with Crippen LogP contribution < -0.4 is 10.6 Å². The largest absolute Gasteiger partial charge is 0.350 e. The quantitative estimate of drug-likeness (QED) is 0.691. The number of hydrogen-bond acceptors (Lipinski definition) is 4. The molecule has 2 aromatic carbocycles. The van der Waals surface area contributed by atoms with Crippen LogP contribution in [0.1, 0.15) is 23.7 Å². The molecule has 0 aliphatic carbocycles. The third kappa shape index (κ3) is 4.10. The van der Waals surface area contributed by atoms with Gasteiger partial charge in [-0.3, -0.25) is 0 Å². The zero-order valence-corrected chi connectivity index (χ0v) is 14.1. The summed E-state index contributed by atoms with van der Waals surface area (Å²) in [6.45, 7) is 4.83. The normalized spacial score (nSPS) is 10.4. The molecule has 122 valence electrons. The van der Waals surface area contributed by atoms with Crippen molar-refractivity contribution in [3.8, 4) is 0 Å². The maximum Gasteiger partial charge on any atom is 0.225 e. The van der Waals surface area contributed by atoms with Crippen LogP contribution in [0.3, 0.4) is 0 Å². The fourth-order valence-corrected chi connectivity index (χ4v) is 2.58. The van der Waals surface area contributed by atoms with E-state index in [1.165, 1.54) is 11.1 Å². The number of aryl methyl sites for hydroxylation is 2. The van der Waals surface area contributed by atoms with Crippen LogP contribution in [0.15, 0.2) is 60.7 Å². The van der Waals surface area contributed by atoms with E-state index in [1.54, 1.807) is 0 Å². The molecule has 1 aromatic heterocycles. The van der Waals surface area contributed by atoms with Crippen molar-refractivity contribution in [1.29, 1.82) is 0 Å². The van der Waals surface area contributed by atoms with Gasteiger partial charge in [0, 0.05) is 24.0 Å². The van der Waals surface area contributed by atoms with Gasteiger partial charge in [0.05, 0.1) is 0 Å². The molecule has 0 atom stereocenters. The minimum absolute atomic E-state index is 0.635. The van der Waals surface area contributed by atoms with Crippen molar-refractivity contribution in [2.75, 3.05) is 10.6 Å². The molecule has 0 unspecified atom stereocenters. The standard InChI is InChI=1S/C20H22N4/c1-3-17-11-7-8-12-18(17)23-19-13-15(2)22-20(24-19)21-14-16-9-5-4-6-10-16/h4-13H,3,14H2,1-2H3,(H2,21,22,23,24). The van der Waals surface area contributed by atoms with Gasteiger partial charge in [0.25, 0.3) is 0 Å². The molecule has 3 aromatic rings. The minimum atomic E-state index is 0.635. The molecule has 1 heterocycles. The molecule has 0 spiro atoms. The van der Waals surface area contributed by atoms with E-state index in [2.05, 4.69) is 57.9 Å². The lowest BCUT2D eigenvalue weighted by molar-refractivity contribution is 1.03. The molecule has 3 rings (SSSR count). The SMILES string of the molecule is CCc1ccccc1Nc1cc(C)nc(NCc2ccccc2)n1. The van der Waals surface area contributed by atoms with Crippen molar-refractivity contribution < 1.29 is 0 Å². The van der Waals surface area contributed by atoms with E-state index < -0.39 is 0 Å².